The maximum atomic E-state index is 13.7. The Balaban J connectivity index is 2.15. The number of ketones is 4. The average Bonchev–Trinajstić information content (AvgIpc) is 3.09. The molecule has 17 heteroatoms. The largest absolute Gasteiger partial charge is 0.409 e. The van der Waals surface area contributed by atoms with E-state index < -0.39 is 53.8 Å². The number of nitrogens with one attached hydrogen (secondary N) is 6. The molecule has 0 bridgehead atoms. The predicted octanol–water partition coefficient (Wildman–Crippen LogP) is -2.11. The summed E-state index contributed by atoms with van der Waals surface area (Å²) in [6.07, 6.45) is -0.146. The molecule has 0 spiro atoms. The van der Waals surface area contributed by atoms with E-state index in [1.54, 1.807) is 62.4 Å². The van der Waals surface area contributed by atoms with E-state index in [1.807, 2.05) is 6.07 Å². The number of carbonyl (C=O) groups is 4. The van der Waals surface area contributed by atoms with Gasteiger partial charge in [0.15, 0.2) is 5.84 Å². The molecule has 2 aromatic rings. The summed E-state index contributed by atoms with van der Waals surface area (Å²) in [4.78, 5) is 53.7. The van der Waals surface area contributed by atoms with E-state index in [4.69, 9.17) is 33.9 Å². The fourth-order valence-corrected chi connectivity index (χ4v) is 4.93. The van der Waals surface area contributed by atoms with Gasteiger partial charge in [-0.2, -0.15) is 0 Å². The van der Waals surface area contributed by atoms with Crippen LogP contribution in [0.3, 0.4) is 0 Å². The summed E-state index contributed by atoms with van der Waals surface area (Å²) in [7, 11) is 0. The standard InChI is InChI=1S/C33H54N12O5/c1-20(2)27(44-43-24(10-6-16-39-32(35)36)28(47)26(46)18-21-8-4-3-5-9-21)30(49)29(48)25(11-7-17-40-33(37)38)42-41-19-22-12-14-23(15-13-22)31(34)45-50/h3-5,8-9,12-15,20,24-25,27,32-33,39-44,50H,6-7,10-11,16-19,35-38H2,1-2H3,(H2,34,45)/t24-,25-,27-/m0/s1. The number of hydrazine groups is 2. The van der Waals surface area contributed by atoms with Crippen LogP contribution < -0.4 is 61.0 Å². The molecular weight excluding hydrogens is 644 g/mol. The van der Waals surface area contributed by atoms with E-state index in [0.717, 1.165) is 5.56 Å². The van der Waals surface area contributed by atoms with Crippen molar-refractivity contribution in [1.29, 1.82) is 0 Å². The van der Waals surface area contributed by atoms with Gasteiger partial charge in [0, 0.05) is 18.5 Å². The number of nitrogens with zero attached hydrogens (tertiary/aromatic N) is 1. The Labute approximate surface area is 292 Å². The smallest absolute Gasteiger partial charge is 0.218 e. The Morgan fingerprint density at radius 1 is 0.720 bits per heavy atom. The Morgan fingerprint density at radius 3 is 1.80 bits per heavy atom. The molecule has 3 atom stereocenters. The third-order valence-electron chi connectivity index (χ3n) is 7.75. The minimum atomic E-state index is -1.02. The summed E-state index contributed by atoms with van der Waals surface area (Å²) in [5, 5.41) is 17.6. The Kier molecular flexibility index (Phi) is 19.1. The second kappa shape index (κ2) is 22.7. The van der Waals surface area contributed by atoms with Crippen LogP contribution in [-0.2, 0) is 32.1 Å². The normalized spacial score (nSPS) is 13.8. The molecule has 0 amide bonds. The maximum absolute atomic E-state index is 13.7. The van der Waals surface area contributed by atoms with Crippen LogP contribution >= 0.6 is 0 Å². The lowest BCUT2D eigenvalue weighted by atomic mass is 9.93. The van der Waals surface area contributed by atoms with Gasteiger partial charge in [-0.25, -0.2) is 16.3 Å². The summed E-state index contributed by atoms with van der Waals surface area (Å²) < 4.78 is 0. The monoisotopic (exact) mass is 698 g/mol. The first kappa shape index (κ1) is 42.2. The number of carbonyl (C=O) groups excluding carboxylic acids is 4. The van der Waals surface area contributed by atoms with Crippen molar-refractivity contribution in [3.63, 3.8) is 0 Å². The highest BCUT2D eigenvalue weighted by Crippen LogP contribution is 2.10. The van der Waals surface area contributed by atoms with Gasteiger partial charge in [-0.05, 0) is 55.8 Å². The summed E-state index contributed by atoms with van der Waals surface area (Å²) in [6, 6.07) is 12.9. The van der Waals surface area contributed by atoms with Crippen molar-refractivity contribution in [2.24, 2.45) is 39.7 Å². The average molecular weight is 699 g/mol. The molecule has 0 fully saturated rings. The summed E-state index contributed by atoms with van der Waals surface area (Å²) >= 11 is 0. The van der Waals surface area contributed by atoms with Gasteiger partial charge in [-0.1, -0.05) is 73.6 Å². The molecule has 50 heavy (non-hydrogen) atoms. The van der Waals surface area contributed by atoms with Crippen LogP contribution in [0, 0.1) is 5.92 Å². The van der Waals surface area contributed by atoms with Crippen LogP contribution in [0.1, 0.15) is 56.2 Å². The van der Waals surface area contributed by atoms with Gasteiger partial charge in [-0.3, -0.25) is 35.2 Å². The topological polar surface area (TPSA) is 303 Å². The van der Waals surface area contributed by atoms with Crippen molar-refractivity contribution in [2.45, 2.75) is 83.2 Å². The van der Waals surface area contributed by atoms with Gasteiger partial charge in [0.25, 0.3) is 0 Å². The third-order valence-corrected chi connectivity index (χ3v) is 7.75. The van der Waals surface area contributed by atoms with Crippen LogP contribution in [0.25, 0.3) is 0 Å². The third kappa shape index (κ3) is 15.3. The zero-order valence-corrected chi connectivity index (χ0v) is 28.7. The van der Waals surface area contributed by atoms with Crippen molar-refractivity contribution in [3.05, 3.63) is 71.3 Å². The first-order valence-electron chi connectivity index (χ1n) is 16.6. The summed E-state index contributed by atoms with van der Waals surface area (Å²) in [5.74, 6) is -3.05. The van der Waals surface area contributed by atoms with Gasteiger partial charge in [0.2, 0.25) is 23.1 Å². The minimum Gasteiger partial charge on any atom is -0.409 e. The molecule has 0 saturated carbocycles. The number of amidine groups is 1. The van der Waals surface area contributed by atoms with Crippen LogP contribution in [-0.4, -0.2) is 78.0 Å². The van der Waals surface area contributed by atoms with Crippen LogP contribution in [0.5, 0.6) is 0 Å². The first-order valence-corrected chi connectivity index (χ1v) is 16.6. The van der Waals surface area contributed by atoms with Gasteiger partial charge < -0.3 is 33.9 Å². The number of hydrogen-bond donors (Lipinski definition) is 12. The van der Waals surface area contributed by atoms with Crippen molar-refractivity contribution >= 4 is 29.0 Å². The van der Waals surface area contributed by atoms with Gasteiger partial charge >= 0.3 is 0 Å². The lowest BCUT2D eigenvalue weighted by molar-refractivity contribution is -0.140. The highest BCUT2D eigenvalue weighted by Gasteiger charge is 2.34. The number of nitrogens with two attached hydrogens (primary N) is 5. The Morgan fingerprint density at radius 2 is 1.28 bits per heavy atom. The van der Waals surface area contributed by atoms with E-state index in [2.05, 4.69) is 37.5 Å². The van der Waals surface area contributed by atoms with Gasteiger partial charge in [0.1, 0.15) is 12.6 Å². The van der Waals surface area contributed by atoms with Gasteiger partial charge in [0.05, 0.1) is 18.1 Å². The fourth-order valence-electron chi connectivity index (χ4n) is 4.93. The second-order valence-corrected chi connectivity index (χ2v) is 12.2. The number of oxime groups is 1. The molecule has 2 aromatic carbocycles. The summed E-state index contributed by atoms with van der Waals surface area (Å²) in [5.41, 5.74) is 41.7. The molecule has 0 saturated heterocycles. The quantitative estimate of drug-likeness (QED) is 0.00952. The van der Waals surface area contributed by atoms with E-state index >= 15 is 0 Å². The van der Waals surface area contributed by atoms with Crippen molar-refractivity contribution < 1.29 is 24.4 Å². The molecule has 0 aliphatic heterocycles. The number of rotatable bonds is 26. The molecule has 0 radical (unpaired) electrons. The van der Waals surface area contributed by atoms with E-state index in [0.29, 0.717) is 43.6 Å². The Bertz CT molecular complexity index is 1370. The molecule has 17 nitrogen and oxygen atoms in total. The molecule has 276 valence electrons. The lowest BCUT2D eigenvalue weighted by Crippen LogP contribution is -2.59. The SMILES string of the molecule is CC(C)[C@H](NN[C@@H](CCCNC(N)N)C(=O)C(=O)Cc1ccccc1)C(=O)C(=O)[C@H](CCCNC(N)N)NNCc1ccc(/C(N)=N/O)cc1. The first-order chi connectivity index (χ1) is 23.8. The zero-order chi connectivity index (χ0) is 37.1. The molecular formula is C33H54N12O5. The minimum absolute atomic E-state index is 0.0248. The molecule has 2 rings (SSSR count). The van der Waals surface area contributed by atoms with E-state index in [9.17, 15) is 19.2 Å². The molecule has 0 aromatic heterocycles. The van der Waals surface area contributed by atoms with Gasteiger partial charge in [-0.15, -0.1) is 0 Å². The highest BCUT2D eigenvalue weighted by atomic mass is 16.4. The van der Waals surface area contributed by atoms with E-state index in [1.165, 1.54) is 0 Å². The van der Waals surface area contributed by atoms with Crippen molar-refractivity contribution in [2.75, 3.05) is 13.1 Å². The van der Waals surface area contributed by atoms with E-state index in [-0.39, 0.29) is 31.0 Å². The zero-order valence-electron chi connectivity index (χ0n) is 28.7. The predicted molar refractivity (Wildman–Crippen MR) is 190 cm³/mol. The van der Waals surface area contributed by atoms with Crippen LogP contribution in [0.4, 0.5) is 0 Å². The lowest BCUT2D eigenvalue weighted by Gasteiger charge is -2.27. The molecule has 0 aliphatic carbocycles. The van der Waals surface area contributed by atoms with Crippen molar-refractivity contribution in [1.82, 2.24) is 32.3 Å². The number of benzene rings is 2. The molecule has 0 aliphatic rings. The number of Topliss-reactive ketones (excluding diaryl/α,β-unsaturated/α-hetero) is 4. The Hall–Kier alpha value is -4.01. The highest BCUT2D eigenvalue weighted by molar-refractivity contribution is 6.41. The van der Waals surface area contributed by atoms with Crippen LogP contribution in [0.15, 0.2) is 59.8 Å². The number of hydrogen-bond acceptors (Lipinski definition) is 16. The fraction of sp³-hybridized carbons (Fsp3) is 0.485. The second-order valence-electron chi connectivity index (χ2n) is 12.2. The van der Waals surface area contributed by atoms with Crippen molar-refractivity contribution in [3.8, 4) is 0 Å². The molecule has 0 heterocycles. The molecule has 0 unspecified atom stereocenters. The maximum Gasteiger partial charge on any atom is 0.218 e. The molecule has 17 N–H and O–H groups in total. The van der Waals surface area contributed by atoms with Crippen LogP contribution in [0.2, 0.25) is 0 Å². The summed E-state index contributed by atoms with van der Waals surface area (Å²) in [6.45, 7) is 4.61.